The van der Waals surface area contributed by atoms with Gasteiger partial charge in [0.15, 0.2) is 0 Å². The molecule has 0 amide bonds. The summed E-state index contributed by atoms with van der Waals surface area (Å²) in [6.45, 7) is 3.71. The fourth-order valence-electron chi connectivity index (χ4n) is 1.69. The summed E-state index contributed by atoms with van der Waals surface area (Å²) in [5, 5.41) is 9.63. The zero-order chi connectivity index (χ0) is 11.6. The van der Waals surface area contributed by atoms with Crippen molar-refractivity contribution in [1.29, 1.82) is 0 Å². The summed E-state index contributed by atoms with van der Waals surface area (Å²) < 4.78 is 5.24. The molecule has 0 fully saturated rings. The fourth-order valence-corrected chi connectivity index (χ4v) is 1.93. The molecule has 1 rings (SSSR count). The quantitative estimate of drug-likeness (QED) is 0.833. The Kier molecular flexibility index (Phi) is 3.97. The van der Waals surface area contributed by atoms with Crippen molar-refractivity contribution in [2.75, 3.05) is 13.7 Å². The number of aryl methyl sites for hydroxylation is 2. The molecule has 0 aliphatic carbocycles. The molecule has 0 aliphatic rings. The molecule has 0 heterocycles. The Hall–Kier alpha value is -0.770. The van der Waals surface area contributed by atoms with Crippen molar-refractivity contribution in [3.63, 3.8) is 0 Å². The van der Waals surface area contributed by atoms with E-state index in [0.29, 0.717) is 10.8 Å². The number of methoxy groups -OCH3 is 1. The molecule has 0 radical (unpaired) electrons. The van der Waals surface area contributed by atoms with Crippen LogP contribution in [0.25, 0.3) is 0 Å². The van der Waals surface area contributed by atoms with Gasteiger partial charge in [-0.1, -0.05) is 17.7 Å². The number of halogens is 1. The second kappa shape index (κ2) is 4.84. The fraction of sp³-hybridized carbons (Fsp3) is 0.455. The van der Waals surface area contributed by atoms with E-state index in [1.165, 1.54) is 0 Å². The highest BCUT2D eigenvalue weighted by molar-refractivity contribution is 6.33. The number of ether oxygens (including phenoxy) is 1. The Balaban J connectivity index is 3.41. The van der Waals surface area contributed by atoms with E-state index in [4.69, 9.17) is 27.2 Å². The Labute approximate surface area is 94.8 Å². The predicted octanol–water partition coefficient (Wildman–Crippen LogP) is 1.96. The van der Waals surface area contributed by atoms with Crippen LogP contribution >= 0.6 is 11.6 Å². The summed E-state index contributed by atoms with van der Waals surface area (Å²) in [5.74, 6) is 0.565. The largest absolute Gasteiger partial charge is 0.495 e. The normalized spacial score (nSPS) is 12.7. The number of rotatable bonds is 3. The lowest BCUT2D eigenvalue weighted by atomic mass is 9.98. The van der Waals surface area contributed by atoms with Crippen LogP contribution in [0.4, 0.5) is 0 Å². The van der Waals surface area contributed by atoms with Crippen molar-refractivity contribution in [1.82, 2.24) is 0 Å². The maximum absolute atomic E-state index is 9.07. The van der Waals surface area contributed by atoms with Crippen LogP contribution in [-0.4, -0.2) is 18.8 Å². The Bertz CT molecular complexity index is 366. The molecule has 0 bridgehead atoms. The lowest BCUT2D eigenvalue weighted by Gasteiger charge is -2.19. The molecule has 3 N–H and O–H groups in total. The number of aliphatic hydroxyl groups excluding tert-OH is 1. The van der Waals surface area contributed by atoms with Crippen molar-refractivity contribution in [2.24, 2.45) is 5.73 Å². The molecular weight excluding hydrogens is 214 g/mol. The van der Waals surface area contributed by atoms with Gasteiger partial charge in [-0.15, -0.1) is 0 Å². The maximum atomic E-state index is 9.07. The van der Waals surface area contributed by atoms with Gasteiger partial charge < -0.3 is 15.6 Å². The highest BCUT2D eigenvalue weighted by atomic mass is 35.5. The number of hydrogen-bond donors (Lipinski definition) is 2. The third-order valence-corrected chi connectivity index (χ3v) is 2.89. The zero-order valence-electron chi connectivity index (χ0n) is 9.17. The molecule has 84 valence electrons. The summed E-state index contributed by atoms with van der Waals surface area (Å²) in [4.78, 5) is 0. The SMILES string of the molecule is COc1c(Cl)c(C)cc(C)c1C(N)CO. The third kappa shape index (κ3) is 2.25. The second-order valence-corrected chi connectivity index (χ2v) is 3.94. The van der Waals surface area contributed by atoms with Crippen LogP contribution in [0.2, 0.25) is 5.02 Å². The van der Waals surface area contributed by atoms with Crippen LogP contribution in [0.3, 0.4) is 0 Å². The maximum Gasteiger partial charge on any atom is 0.142 e. The first-order valence-corrected chi connectivity index (χ1v) is 5.10. The van der Waals surface area contributed by atoms with Crippen molar-refractivity contribution in [3.05, 3.63) is 27.8 Å². The summed E-state index contributed by atoms with van der Waals surface area (Å²) >= 11 is 6.11. The Morgan fingerprint density at radius 2 is 2.07 bits per heavy atom. The molecule has 4 heteroatoms. The predicted molar refractivity (Wildman–Crippen MR) is 61.5 cm³/mol. The first-order chi connectivity index (χ1) is 7.02. The number of nitrogens with two attached hydrogens (primary N) is 1. The number of benzene rings is 1. The second-order valence-electron chi connectivity index (χ2n) is 3.56. The average Bonchev–Trinajstić information content (AvgIpc) is 2.21. The van der Waals surface area contributed by atoms with Crippen LogP contribution < -0.4 is 10.5 Å². The monoisotopic (exact) mass is 229 g/mol. The molecule has 0 aliphatic heterocycles. The van der Waals surface area contributed by atoms with Gasteiger partial charge in [0.2, 0.25) is 0 Å². The summed E-state index contributed by atoms with van der Waals surface area (Å²) in [6, 6.07) is 1.48. The number of aliphatic hydroxyl groups is 1. The highest BCUT2D eigenvalue weighted by Crippen LogP contribution is 2.36. The van der Waals surface area contributed by atoms with E-state index < -0.39 is 6.04 Å². The van der Waals surface area contributed by atoms with Crippen LogP contribution in [0, 0.1) is 13.8 Å². The number of hydrogen-bond acceptors (Lipinski definition) is 3. The summed E-state index contributed by atoms with van der Waals surface area (Å²) in [5.41, 5.74) is 8.50. The van der Waals surface area contributed by atoms with Gasteiger partial charge in [-0.3, -0.25) is 0 Å². The molecule has 15 heavy (non-hydrogen) atoms. The molecule has 1 unspecified atom stereocenters. The van der Waals surface area contributed by atoms with Crippen molar-refractivity contribution >= 4 is 11.6 Å². The van der Waals surface area contributed by atoms with Gasteiger partial charge >= 0.3 is 0 Å². The lowest BCUT2D eigenvalue weighted by Crippen LogP contribution is -2.17. The molecule has 0 saturated heterocycles. The first-order valence-electron chi connectivity index (χ1n) is 4.73. The van der Waals surface area contributed by atoms with Crippen molar-refractivity contribution in [2.45, 2.75) is 19.9 Å². The molecular formula is C11H16ClNO2. The van der Waals surface area contributed by atoms with E-state index >= 15 is 0 Å². The molecule has 1 aromatic rings. The van der Waals surface area contributed by atoms with Crippen molar-refractivity contribution in [3.8, 4) is 5.75 Å². The average molecular weight is 230 g/mol. The van der Waals surface area contributed by atoms with Gasteiger partial charge in [-0.2, -0.15) is 0 Å². The molecule has 0 aromatic heterocycles. The van der Waals surface area contributed by atoms with Crippen LogP contribution in [-0.2, 0) is 0 Å². The minimum atomic E-state index is -0.460. The summed E-state index contributed by atoms with van der Waals surface area (Å²) in [6.07, 6.45) is 0. The molecule has 3 nitrogen and oxygen atoms in total. The smallest absolute Gasteiger partial charge is 0.142 e. The molecule has 1 aromatic carbocycles. The van der Waals surface area contributed by atoms with E-state index in [2.05, 4.69) is 0 Å². The zero-order valence-corrected chi connectivity index (χ0v) is 9.93. The summed E-state index contributed by atoms with van der Waals surface area (Å²) in [7, 11) is 1.55. The van der Waals surface area contributed by atoms with Crippen molar-refractivity contribution < 1.29 is 9.84 Å². The Morgan fingerprint density at radius 3 is 2.53 bits per heavy atom. The Morgan fingerprint density at radius 1 is 1.47 bits per heavy atom. The third-order valence-electron chi connectivity index (χ3n) is 2.42. The van der Waals surface area contributed by atoms with Gasteiger partial charge in [-0.05, 0) is 25.0 Å². The van der Waals surface area contributed by atoms with Gasteiger partial charge in [0.1, 0.15) is 5.75 Å². The first kappa shape index (κ1) is 12.3. The molecule has 1 atom stereocenters. The lowest BCUT2D eigenvalue weighted by molar-refractivity contribution is 0.264. The van der Waals surface area contributed by atoms with Crippen LogP contribution in [0.1, 0.15) is 22.7 Å². The van der Waals surface area contributed by atoms with Crippen LogP contribution in [0.15, 0.2) is 6.07 Å². The van der Waals surface area contributed by atoms with E-state index in [1.54, 1.807) is 7.11 Å². The topological polar surface area (TPSA) is 55.5 Å². The molecule has 0 spiro atoms. The van der Waals surface area contributed by atoms with Gasteiger partial charge in [0.05, 0.1) is 24.8 Å². The minimum absolute atomic E-state index is 0.128. The molecule has 0 saturated carbocycles. The van der Waals surface area contributed by atoms with Gasteiger partial charge in [0.25, 0.3) is 0 Å². The highest BCUT2D eigenvalue weighted by Gasteiger charge is 2.18. The van der Waals surface area contributed by atoms with Gasteiger partial charge in [0, 0.05) is 5.56 Å². The van der Waals surface area contributed by atoms with Gasteiger partial charge in [-0.25, -0.2) is 0 Å². The standard InChI is InChI=1S/C11H16ClNO2/c1-6-4-7(2)10(12)11(15-3)9(6)8(13)5-14/h4,8,14H,5,13H2,1-3H3. The van der Waals surface area contributed by atoms with E-state index in [9.17, 15) is 0 Å². The van der Waals surface area contributed by atoms with E-state index in [1.807, 2.05) is 19.9 Å². The van der Waals surface area contributed by atoms with E-state index in [-0.39, 0.29) is 6.61 Å². The van der Waals surface area contributed by atoms with Crippen LogP contribution in [0.5, 0.6) is 5.75 Å². The van der Waals surface area contributed by atoms with E-state index in [0.717, 1.165) is 16.7 Å². The minimum Gasteiger partial charge on any atom is -0.495 e.